The summed E-state index contributed by atoms with van der Waals surface area (Å²) in [6.07, 6.45) is 1.21. The summed E-state index contributed by atoms with van der Waals surface area (Å²) in [4.78, 5) is 2.80. The van der Waals surface area contributed by atoms with Crippen molar-refractivity contribution in [3.63, 3.8) is 0 Å². The molecule has 1 aromatic heterocycles. The van der Waals surface area contributed by atoms with Crippen LogP contribution in [0.1, 0.15) is 118 Å². The molecule has 0 amide bonds. The maximum Gasteiger partial charge on any atom is 0.485 e. The average Bonchev–Trinajstić information content (AvgIpc) is 2.91. The van der Waals surface area contributed by atoms with Crippen LogP contribution in [0.3, 0.4) is 0 Å². The second-order valence-corrected chi connectivity index (χ2v) is 13.6. The maximum atomic E-state index is 10.7. The van der Waals surface area contributed by atoms with Gasteiger partial charge in [0.2, 0.25) is 0 Å². The monoisotopic (exact) mass is 511 g/mol. The number of imidazole rings is 1. The van der Waals surface area contributed by atoms with E-state index in [0.29, 0.717) is 18.1 Å². The molecule has 2 heterocycles. The second-order valence-electron chi connectivity index (χ2n) is 12.3. The molecule has 10 heteroatoms. The van der Waals surface area contributed by atoms with E-state index < -0.39 is 15.6 Å². The Morgan fingerprint density at radius 3 is 1.74 bits per heavy atom. The minimum Gasteiger partial charge on any atom is -0.741 e. The second kappa shape index (κ2) is 9.39. The summed E-state index contributed by atoms with van der Waals surface area (Å²) in [6, 6.07) is 1.32. The first-order valence-corrected chi connectivity index (χ1v) is 13.1. The number of likely N-dealkylation sites (tertiary alicyclic amines) is 1. The van der Waals surface area contributed by atoms with Crippen LogP contribution in [0.2, 0.25) is 0 Å². The zero-order valence-corrected chi connectivity index (χ0v) is 23.9. The van der Waals surface area contributed by atoms with Crippen molar-refractivity contribution in [2.75, 3.05) is 0 Å². The van der Waals surface area contributed by atoms with Gasteiger partial charge in [-0.25, -0.2) is 17.6 Å². The lowest BCUT2D eigenvalue weighted by molar-refractivity contribution is -0.731. The fraction of sp³-hybridized carbons (Fsp3) is 0.875. The molecule has 2 rings (SSSR count). The third kappa shape index (κ3) is 5.98. The summed E-state index contributed by atoms with van der Waals surface area (Å²) in [5, 5.41) is 0. The van der Waals surface area contributed by atoms with E-state index in [9.17, 15) is 13.2 Å². The van der Waals surface area contributed by atoms with Crippen LogP contribution >= 0.6 is 0 Å². The van der Waals surface area contributed by atoms with Crippen molar-refractivity contribution in [1.82, 2.24) is 9.47 Å². The number of hydrogen-bond acceptors (Lipinski definition) is 4. The Kier molecular flexibility index (Phi) is 8.53. The van der Waals surface area contributed by atoms with Crippen LogP contribution in [0.15, 0.2) is 0 Å². The first-order valence-electron chi connectivity index (χ1n) is 11.7. The highest BCUT2D eigenvalue weighted by Crippen LogP contribution is 2.56. The Balaban J connectivity index is 0.000000620. The zero-order chi connectivity index (χ0) is 27.4. The van der Waals surface area contributed by atoms with Crippen molar-refractivity contribution in [3.05, 3.63) is 17.2 Å². The van der Waals surface area contributed by atoms with Crippen molar-refractivity contribution < 1.29 is 30.7 Å². The van der Waals surface area contributed by atoms with E-state index in [1.54, 1.807) is 0 Å². The Labute approximate surface area is 204 Å². The molecule has 0 radical (unpaired) electrons. The van der Waals surface area contributed by atoms with Gasteiger partial charge in [0.15, 0.2) is 10.1 Å². The van der Waals surface area contributed by atoms with E-state index in [-0.39, 0.29) is 16.5 Å². The van der Waals surface area contributed by atoms with Crippen molar-refractivity contribution in [1.29, 1.82) is 0 Å². The van der Waals surface area contributed by atoms with Crippen LogP contribution in [-0.2, 0) is 10.1 Å². The van der Waals surface area contributed by atoms with E-state index in [0.717, 1.165) is 0 Å². The topological polar surface area (TPSA) is 69.2 Å². The number of aromatic nitrogens is 2. The predicted octanol–water partition coefficient (Wildman–Crippen LogP) is 5.96. The Morgan fingerprint density at radius 1 is 1.03 bits per heavy atom. The minimum atomic E-state index is -6.09. The highest BCUT2D eigenvalue weighted by atomic mass is 32.2. The minimum absolute atomic E-state index is 0.116. The smallest absolute Gasteiger partial charge is 0.485 e. The van der Waals surface area contributed by atoms with Crippen LogP contribution in [0.25, 0.3) is 0 Å². The van der Waals surface area contributed by atoms with Crippen molar-refractivity contribution in [2.24, 2.45) is 5.41 Å². The lowest BCUT2D eigenvalue weighted by atomic mass is 9.80. The van der Waals surface area contributed by atoms with Crippen LogP contribution in [-0.4, -0.2) is 39.0 Å². The maximum absolute atomic E-state index is 10.7. The lowest BCUT2D eigenvalue weighted by Crippen LogP contribution is -2.55. The van der Waals surface area contributed by atoms with Gasteiger partial charge in [-0.1, -0.05) is 13.8 Å². The van der Waals surface area contributed by atoms with Crippen molar-refractivity contribution >= 4 is 10.1 Å². The van der Waals surface area contributed by atoms with Gasteiger partial charge in [-0.3, -0.25) is 4.90 Å². The third-order valence-corrected chi connectivity index (χ3v) is 7.13. The molecule has 1 aliphatic rings. The fourth-order valence-electron chi connectivity index (χ4n) is 6.13. The van der Waals surface area contributed by atoms with Gasteiger partial charge >= 0.3 is 5.51 Å². The molecule has 0 aromatic carbocycles. The molecular formula is C24H44F3N3O3S. The molecule has 6 nitrogen and oxygen atoms in total. The van der Waals surface area contributed by atoms with E-state index >= 15 is 0 Å². The molecule has 1 aliphatic heterocycles. The summed E-state index contributed by atoms with van der Waals surface area (Å²) < 4.78 is 64.1. The first-order chi connectivity index (χ1) is 14.8. The molecular weight excluding hydrogens is 467 g/mol. The summed E-state index contributed by atoms with van der Waals surface area (Å²) in [5.41, 5.74) is -2.31. The van der Waals surface area contributed by atoms with Crippen LogP contribution in [0, 0.1) is 19.3 Å². The quantitative estimate of drug-likeness (QED) is 0.285. The van der Waals surface area contributed by atoms with Gasteiger partial charge in [0, 0.05) is 24.9 Å². The van der Waals surface area contributed by atoms with Gasteiger partial charge in [-0.15, -0.1) is 0 Å². The SMILES string of the molecule is Cc1c(C)[n+](C(C)C)c([C@@H]2N(C(C)(C)C)C(C)(C)CC2(C)C)n1C(C)C.O=S(=O)([O-])C(F)(F)F. The molecule has 1 aromatic rings. The number of nitrogens with zero attached hydrogens (tertiary/aromatic N) is 3. The Hall–Kier alpha value is -1.13. The van der Waals surface area contributed by atoms with E-state index in [2.05, 4.69) is 104 Å². The predicted molar refractivity (Wildman–Crippen MR) is 127 cm³/mol. The molecule has 0 N–H and O–H groups in total. The number of hydrogen-bond donors (Lipinski definition) is 0. The molecule has 1 fully saturated rings. The molecule has 0 spiro atoms. The molecule has 0 aliphatic carbocycles. The lowest BCUT2D eigenvalue weighted by Gasteiger charge is -2.45. The van der Waals surface area contributed by atoms with E-state index in [1.165, 1.54) is 23.6 Å². The normalized spacial score (nSPS) is 21.2. The number of rotatable bonds is 3. The zero-order valence-electron chi connectivity index (χ0n) is 23.0. The molecule has 200 valence electrons. The van der Waals surface area contributed by atoms with Crippen molar-refractivity contribution in [3.8, 4) is 0 Å². The highest BCUT2D eigenvalue weighted by molar-refractivity contribution is 7.86. The van der Waals surface area contributed by atoms with E-state index in [1.807, 2.05) is 0 Å². The average molecular weight is 512 g/mol. The first kappa shape index (κ1) is 30.9. The molecule has 0 saturated carbocycles. The molecule has 34 heavy (non-hydrogen) atoms. The summed E-state index contributed by atoms with van der Waals surface area (Å²) in [5.74, 6) is 1.50. The molecule has 0 bridgehead atoms. The molecule has 1 atom stereocenters. The van der Waals surface area contributed by atoms with Crippen LogP contribution < -0.4 is 4.57 Å². The molecule has 1 saturated heterocycles. The standard InChI is InChI=1S/C23H44N3.CHF3O3S/c1-15(2)24-17(5)18(6)25(16(3)4)20(24)19-22(10,11)14-23(12,13)26(19)21(7,8)9;2-1(3,4)8(5,6)7/h15-16,19H,14H2,1-13H3;(H,5,6,7)/q+1;/p-1/t19-;/m0./s1. The van der Waals surface area contributed by atoms with Gasteiger partial charge in [-0.05, 0) is 74.1 Å². The number of alkyl halides is 3. The van der Waals surface area contributed by atoms with Crippen LogP contribution in [0.4, 0.5) is 13.2 Å². The van der Waals surface area contributed by atoms with Crippen molar-refractivity contribution in [2.45, 2.75) is 131 Å². The van der Waals surface area contributed by atoms with Gasteiger partial charge in [0.1, 0.15) is 17.4 Å². The summed E-state index contributed by atoms with van der Waals surface area (Å²) >= 11 is 0. The molecule has 0 unspecified atom stereocenters. The van der Waals surface area contributed by atoms with E-state index in [4.69, 9.17) is 13.0 Å². The largest absolute Gasteiger partial charge is 0.741 e. The van der Waals surface area contributed by atoms with Gasteiger partial charge in [0.25, 0.3) is 5.82 Å². The van der Waals surface area contributed by atoms with Gasteiger partial charge < -0.3 is 4.55 Å². The Bertz CT molecular complexity index is 954. The third-order valence-electron chi connectivity index (χ3n) is 6.56. The highest BCUT2D eigenvalue weighted by Gasteiger charge is 2.59. The van der Waals surface area contributed by atoms with Crippen LogP contribution in [0.5, 0.6) is 0 Å². The fourth-order valence-corrected chi connectivity index (χ4v) is 6.13. The van der Waals surface area contributed by atoms with Gasteiger partial charge in [-0.2, -0.15) is 13.2 Å². The van der Waals surface area contributed by atoms with Gasteiger partial charge in [0.05, 0.1) is 12.1 Å². The number of halogens is 3. The summed E-state index contributed by atoms with van der Waals surface area (Å²) in [6.45, 7) is 30.9. The Morgan fingerprint density at radius 2 is 1.44 bits per heavy atom. The summed E-state index contributed by atoms with van der Waals surface area (Å²) in [7, 11) is -6.09.